The van der Waals surface area contributed by atoms with Gasteiger partial charge in [-0.1, -0.05) is 12.1 Å². The quantitative estimate of drug-likeness (QED) is 0.854. The highest BCUT2D eigenvalue weighted by Crippen LogP contribution is 2.29. The number of carbonyl (C=O) groups is 1. The van der Waals surface area contributed by atoms with Crippen LogP contribution >= 0.6 is 0 Å². The molecule has 0 saturated heterocycles. The number of para-hydroxylation sites is 2. The van der Waals surface area contributed by atoms with E-state index in [0.29, 0.717) is 12.2 Å². The van der Waals surface area contributed by atoms with E-state index < -0.39 is 0 Å². The van der Waals surface area contributed by atoms with E-state index >= 15 is 0 Å². The molecular weight excluding hydrogens is 304 g/mol. The summed E-state index contributed by atoms with van der Waals surface area (Å²) in [5.74, 6) is 0.738. The van der Waals surface area contributed by atoms with Crippen molar-refractivity contribution in [1.82, 2.24) is 14.9 Å². The second-order valence-corrected chi connectivity index (χ2v) is 6.28. The molecule has 0 spiro atoms. The van der Waals surface area contributed by atoms with E-state index in [0.717, 1.165) is 18.6 Å². The van der Waals surface area contributed by atoms with Crippen molar-refractivity contribution in [2.75, 3.05) is 5.32 Å². The van der Waals surface area contributed by atoms with E-state index in [1.54, 1.807) is 12.5 Å². The highest BCUT2D eigenvalue weighted by Gasteiger charge is 2.18. The molecule has 1 aromatic heterocycles. The van der Waals surface area contributed by atoms with Crippen LogP contribution in [-0.4, -0.2) is 27.7 Å². The SMILES string of the molecule is C[C@@H](Cn1ccnc1)NC(=O)Nc1ccccc1OC1CCCC1. The van der Waals surface area contributed by atoms with Crippen LogP contribution in [0.4, 0.5) is 10.5 Å². The number of hydrogen-bond donors (Lipinski definition) is 2. The summed E-state index contributed by atoms with van der Waals surface area (Å²) in [7, 11) is 0. The number of amides is 2. The molecule has 2 N–H and O–H groups in total. The smallest absolute Gasteiger partial charge is 0.319 e. The topological polar surface area (TPSA) is 68.2 Å². The Labute approximate surface area is 142 Å². The normalized spacial score (nSPS) is 15.9. The lowest BCUT2D eigenvalue weighted by Crippen LogP contribution is -2.38. The van der Waals surface area contributed by atoms with Gasteiger partial charge in [0.15, 0.2) is 0 Å². The Bertz CT molecular complexity index is 651. The predicted octanol–water partition coefficient (Wildman–Crippen LogP) is 3.41. The summed E-state index contributed by atoms with van der Waals surface area (Å²) in [6.45, 7) is 2.63. The van der Waals surface area contributed by atoms with E-state index in [-0.39, 0.29) is 18.2 Å². The molecule has 2 amide bonds. The first-order valence-corrected chi connectivity index (χ1v) is 8.49. The number of aromatic nitrogens is 2. The Balaban J connectivity index is 1.55. The summed E-state index contributed by atoms with van der Waals surface area (Å²) >= 11 is 0. The van der Waals surface area contributed by atoms with Crippen LogP contribution in [0.25, 0.3) is 0 Å². The van der Waals surface area contributed by atoms with Gasteiger partial charge >= 0.3 is 6.03 Å². The molecule has 1 saturated carbocycles. The van der Waals surface area contributed by atoms with Gasteiger partial charge in [0.25, 0.3) is 0 Å². The molecule has 6 heteroatoms. The van der Waals surface area contributed by atoms with Gasteiger partial charge in [-0.15, -0.1) is 0 Å². The number of carbonyl (C=O) groups excluding carboxylic acids is 1. The van der Waals surface area contributed by atoms with Gasteiger partial charge in [-0.05, 0) is 44.7 Å². The molecule has 6 nitrogen and oxygen atoms in total. The lowest BCUT2D eigenvalue weighted by Gasteiger charge is -2.18. The van der Waals surface area contributed by atoms with Crippen LogP contribution in [0, 0.1) is 0 Å². The molecule has 24 heavy (non-hydrogen) atoms. The maximum atomic E-state index is 12.2. The minimum absolute atomic E-state index is 0.0119. The van der Waals surface area contributed by atoms with Crippen molar-refractivity contribution in [2.45, 2.75) is 51.3 Å². The first kappa shape index (κ1) is 16.4. The number of nitrogens with one attached hydrogen (secondary N) is 2. The summed E-state index contributed by atoms with van der Waals surface area (Å²) in [5, 5.41) is 5.83. The fraction of sp³-hybridized carbons (Fsp3) is 0.444. The average Bonchev–Trinajstić information content (AvgIpc) is 3.23. The van der Waals surface area contributed by atoms with Crippen molar-refractivity contribution in [1.29, 1.82) is 0 Å². The van der Waals surface area contributed by atoms with Crippen LogP contribution in [-0.2, 0) is 6.54 Å². The Morgan fingerprint density at radius 2 is 2.17 bits per heavy atom. The molecule has 1 atom stereocenters. The molecule has 2 aromatic rings. The number of ether oxygens (including phenoxy) is 1. The number of urea groups is 1. The molecule has 0 radical (unpaired) electrons. The van der Waals surface area contributed by atoms with Crippen molar-refractivity contribution in [3.8, 4) is 5.75 Å². The number of imidazole rings is 1. The van der Waals surface area contributed by atoms with Crippen LogP contribution in [0.5, 0.6) is 5.75 Å². The third-order valence-electron chi connectivity index (χ3n) is 4.15. The van der Waals surface area contributed by atoms with Crippen molar-refractivity contribution in [2.24, 2.45) is 0 Å². The van der Waals surface area contributed by atoms with Crippen LogP contribution < -0.4 is 15.4 Å². The molecule has 3 rings (SSSR count). The summed E-state index contributed by atoms with van der Waals surface area (Å²) < 4.78 is 7.98. The zero-order valence-corrected chi connectivity index (χ0v) is 13.9. The zero-order valence-electron chi connectivity index (χ0n) is 13.9. The number of nitrogens with zero attached hydrogens (tertiary/aromatic N) is 2. The molecule has 1 aromatic carbocycles. The number of hydrogen-bond acceptors (Lipinski definition) is 3. The largest absolute Gasteiger partial charge is 0.488 e. The van der Waals surface area contributed by atoms with E-state index in [1.165, 1.54) is 12.8 Å². The molecule has 0 bridgehead atoms. The summed E-state index contributed by atoms with van der Waals surface area (Å²) in [4.78, 5) is 16.2. The molecule has 0 unspecified atom stereocenters. The van der Waals surface area contributed by atoms with Gasteiger partial charge in [-0.2, -0.15) is 0 Å². The number of rotatable bonds is 6. The fourth-order valence-corrected chi connectivity index (χ4v) is 3.00. The van der Waals surface area contributed by atoms with Gasteiger partial charge in [0.1, 0.15) is 5.75 Å². The Morgan fingerprint density at radius 1 is 1.38 bits per heavy atom. The molecule has 0 aliphatic heterocycles. The van der Waals surface area contributed by atoms with Crippen LogP contribution in [0.3, 0.4) is 0 Å². The molecule has 1 aliphatic rings. The van der Waals surface area contributed by atoms with Gasteiger partial charge < -0.3 is 19.9 Å². The number of benzene rings is 1. The third kappa shape index (κ3) is 4.50. The molecule has 1 aliphatic carbocycles. The predicted molar refractivity (Wildman–Crippen MR) is 93.2 cm³/mol. The molecular formula is C18H24N4O2. The molecule has 128 valence electrons. The van der Waals surface area contributed by atoms with Crippen LogP contribution in [0.2, 0.25) is 0 Å². The average molecular weight is 328 g/mol. The maximum absolute atomic E-state index is 12.2. The van der Waals surface area contributed by atoms with Crippen molar-refractivity contribution < 1.29 is 9.53 Å². The molecule has 1 heterocycles. The highest BCUT2D eigenvalue weighted by molar-refractivity contribution is 5.91. The van der Waals surface area contributed by atoms with Crippen molar-refractivity contribution in [3.63, 3.8) is 0 Å². The monoisotopic (exact) mass is 328 g/mol. The Kier molecular flexibility index (Phi) is 5.36. The summed E-state index contributed by atoms with van der Waals surface area (Å²) in [6.07, 6.45) is 10.2. The summed E-state index contributed by atoms with van der Waals surface area (Å²) in [6, 6.07) is 7.35. The van der Waals surface area contributed by atoms with E-state index in [1.807, 2.05) is 42.0 Å². The van der Waals surface area contributed by atoms with E-state index in [4.69, 9.17) is 4.74 Å². The minimum Gasteiger partial charge on any atom is -0.488 e. The van der Waals surface area contributed by atoms with E-state index in [2.05, 4.69) is 15.6 Å². The second kappa shape index (κ2) is 7.86. The molecule has 1 fully saturated rings. The van der Waals surface area contributed by atoms with Gasteiger partial charge in [0.05, 0.1) is 18.1 Å². The summed E-state index contributed by atoms with van der Waals surface area (Å²) in [5.41, 5.74) is 0.705. The zero-order chi connectivity index (χ0) is 16.8. The lowest BCUT2D eigenvalue weighted by molar-refractivity contribution is 0.211. The Hall–Kier alpha value is -2.50. The highest BCUT2D eigenvalue weighted by atomic mass is 16.5. The first-order valence-electron chi connectivity index (χ1n) is 8.49. The first-order chi connectivity index (χ1) is 11.7. The van der Waals surface area contributed by atoms with Crippen molar-refractivity contribution in [3.05, 3.63) is 43.0 Å². The van der Waals surface area contributed by atoms with Crippen LogP contribution in [0.15, 0.2) is 43.0 Å². The van der Waals surface area contributed by atoms with Gasteiger partial charge in [-0.25, -0.2) is 9.78 Å². The van der Waals surface area contributed by atoms with Gasteiger partial charge in [0.2, 0.25) is 0 Å². The minimum atomic E-state index is -0.231. The second-order valence-electron chi connectivity index (χ2n) is 6.28. The maximum Gasteiger partial charge on any atom is 0.319 e. The van der Waals surface area contributed by atoms with Crippen molar-refractivity contribution >= 4 is 11.7 Å². The fourth-order valence-electron chi connectivity index (χ4n) is 3.00. The number of anilines is 1. The van der Waals surface area contributed by atoms with Gasteiger partial charge in [0, 0.05) is 25.0 Å². The lowest BCUT2D eigenvalue weighted by atomic mass is 10.2. The Morgan fingerprint density at radius 3 is 2.92 bits per heavy atom. The third-order valence-corrected chi connectivity index (χ3v) is 4.15. The van der Waals surface area contributed by atoms with Crippen LogP contribution in [0.1, 0.15) is 32.6 Å². The standard InChI is InChI=1S/C18H24N4O2/c1-14(12-22-11-10-19-13-22)20-18(23)21-16-8-4-5-9-17(16)24-15-6-2-3-7-15/h4-5,8-11,13-15H,2-3,6-7,12H2,1H3,(H2,20,21,23)/t14-/m0/s1. The van der Waals surface area contributed by atoms with E-state index in [9.17, 15) is 4.79 Å². The van der Waals surface area contributed by atoms with Gasteiger partial charge in [-0.3, -0.25) is 0 Å².